The summed E-state index contributed by atoms with van der Waals surface area (Å²) >= 11 is 0. The number of ether oxygens (including phenoxy) is 3. The summed E-state index contributed by atoms with van der Waals surface area (Å²) < 4.78 is 15.9. The molecule has 4 unspecified atom stereocenters. The predicted octanol–water partition coefficient (Wildman–Crippen LogP) is 1.50. The topological polar surface area (TPSA) is 44.8 Å². The molecular weight excluding hydrogens is 208 g/mol. The number of hydrogen-bond acceptors (Lipinski definition) is 4. The van der Waals surface area contributed by atoms with Crippen LogP contribution in [0, 0.1) is 11.8 Å². The summed E-state index contributed by atoms with van der Waals surface area (Å²) in [6.45, 7) is 1.89. The van der Waals surface area contributed by atoms with E-state index in [9.17, 15) is 4.79 Å². The number of rotatable bonds is 4. The van der Waals surface area contributed by atoms with E-state index in [1.807, 2.05) is 6.08 Å². The van der Waals surface area contributed by atoms with Crippen LogP contribution in [-0.2, 0) is 19.0 Å². The van der Waals surface area contributed by atoms with Crippen molar-refractivity contribution in [1.29, 1.82) is 0 Å². The highest BCUT2D eigenvalue weighted by molar-refractivity contribution is 5.65. The number of fused-ring (bicyclic) bond motifs is 2. The van der Waals surface area contributed by atoms with Crippen molar-refractivity contribution >= 4 is 5.97 Å². The third kappa shape index (κ3) is 2.21. The molecule has 16 heavy (non-hydrogen) atoms. The second-order valence-electron chi connectivity index (χ2n) is 4.40. The van der Waals surface area contributed by atoms with Gasteiger partial charge >= 0.3 is 5.97 Å². The average Bonchev–Trinajstić information content (AvgIpc) is 2.83. The molecule has 0 spiro atoms. The zero-order valence-corrected chi connectivity index (χ0v) is 9.72. The molecule has 2 heterocycles. The average molecular weight is 226 g/mol. The number of carbonyl (C=O) groups excluding carboxylic acids is 1. The van der Waals surface area contributed by atoms with Gasteiger partial charge in [0.25, 0.3) is 0 Å². The van der Waals surface area contributed by atoms with Crippen LogP contribution >= 0.6 is 0 Å². The molecule has 0 saturated carbocycles. The molecule has 2 fully saturated rings. The maximum atomic E-state index is 10.8. The Labute approximate surface area is 95.6 Å². The molecular formula is C12H18O4. The third-order valence-corrected chi connectivity index (χ3v) is 3.40. The molecule has 0 aromatic heterocycles. The second-order valence-corrected chi connectivity index (χ2v) is 4.40. The van der Waals surface area contributed by atoms with Crippen LogP contribution in [0.5, 0.6) is 0 Å². The monoisotopic (exact) mass is 226 g/mol. The Balaban J connectivity index is 1.97. The fourth-order valence-corrected chi connectivity index (χ4v) is 2.68. The van der Waals surface area contributed by atoms with Crippen LogP contribution < -0.4 is 0 Å². The normalized spacial score (nSPS) is 36.9. The van der Waals surface area contributed by atoms with Crippen LogP contribution in [0.3, 0.4) is 0 Å². The first-order valence-corrected chi connectivity index (χ1v) is 5.70. The molecule has 2 aliphatic rings. The van der Waals surface area contributed by atoms with Gasteiger partial charge in [0.1, 0.15) is 0 Å². The van der Waals surface area contributed by atoms with Gasteiger partial charge in [0.2, 0.25) is 0 Å². The van der Waals surface area contributed by atoms with E-state index in [0.29, 0.717) is 12.5 Å². The van der Waals surface area contributed by atoms with Gasteiger partial charge in [0.05, 0.1) is 32.2 Å². The summed E-state index contributed by atoms with van der Waals surface area (Å²) in [5, 5.41) is 0. The molecule has 0 amide bonds. The van der Waals surface area contributed by atoms with Crippen LogP contribution in [0.1, 0.15) is 19.8 Å². The Kier molecular flexibility index (Phi) is 3.49. The summed E-state index contributed by atoms with van der Waals surface area (Å²) in [6.07, 6.45) is 6.41. The predicted molar refractivity (Wildman–Crippen MR) is 57.7 cm³/mol. The van der Waals surface area contributed by atoms with Crippen LogP contribution in [0.25, 0.3) is 0 Å². The smallest absolute Gasteiger partial charge is 0.302 e. The highest BCUT2D eigenvalue weighted by Gasteiger charge is 2.48. The van der Waals surface area contributed by atoms with E-state index in [0.717, 1.165) is 12.8 Å². The molecule has 0 aromatic rings. The maximum absolute atomic E-state index is 10.8. The van der Waals surface area contributed by atoms with E-state index in [2.05, 4.69) is 0 Å². The van der Waals surface area contributed by atoms with Gasteiger partial charge in [-0.15, -0.1) is 0 Å². The van der Waals surface area contributed by atoms with Crippen LogP contribution in [-0.4, -0.2) is 31.9 Å². The lowest BCUT2D eigenvalue weighted by molar-refractivity contribution is -0.143. The van der Waals surface area contributed by atoms with Crippen molar-refractivity contribution in [3.8, 4) is 0 Å². The number of methoxy groups -OCH3 is 1. The first-order valence-electron chi connectivity index (χ1n) is 5.70. The Bertz CT molecular complexity index is 287. The fourth-order valence-electron chi connectivity index (χ4n) is 2.68. The van der Waals surface area contributed by atoms with Gasteiger partial charge in [0, 0.05) is 18.8 Å². The minimum atomic E-state index is -0.225. The molecule has 2 aliphatic heterocycles. The van der Waals surface area contributed by atoms with Crippen LogP contribution in [0.4, 0.5) is 0 Å². The molecule has 0 N–H and O–H groups in total. The van der Waals surface area contributed by atoms with Crippen molar-refractivity contribution in [2.24, 2.45) is 11.8 Å². The Morgan fingerprint density at radius 2 is 2.19 bits per heavy atom. The molecule has 90 valence electrons. The fraction of sp³-hybridized carbons (Fsp3) is 0.750. The van der Waals surface area contributed by atoms with Crippen molar-refractivity contribution in [2.75, 3.05) is 13.7 Å². The Morgan fingerprint density at radius 3 is 2.88 bits per heavy atom. The summed E-state index contributed by atoms with van der Waals surface area (Å²) in [7, 11) is 1.63. The molecule has 0 aromatic carbocycles. The number of carbonyl (C=O) groups is 1. The largest absolute Gasteiger partial charge is 0.505 e. The molecule has 4 nitrogen and oxygen atoms in total. The lowest BCUT2D eigenvalue weighted by Gasteiger charge is -2.24. The molecule has 4 atom stereocenters. The van der Waals surface area contributed by atoms with Gasteiger partial charge in [-0.3, -0.25) is 4.79 Å². The van der Waals surface area contributed by atoms with Gasteiger partial charge < -0.3 is 14.2 Å². The van der Waals surface area contributed by atoms with Crippen LogP contribution in [0.2, 0.25) is 0 Å². The summed E-state index contributed by atoms with van der Waals surface area (Å²) in [5.74, 6) is 0.379. The van der Waals surface area contributed by atoms with E-state index >= 15 is 0 Å². The second kappa shape index (κ2) is 4.87. The molecule has 0 radical (unpaired) electrons. The molecule has 2 bridgehead atoms. The molecule has 2 rings (SSSR count). The van der Waals surface area contributed by atoms with Crippen molar-refractivity contribution in [2.45, 2.75) is 32.0 Å². The molecule has 0 aliphatic carbocycles. The van der Waals surface area contributed by atoms with E-state index in [-0.39, 0.29) is 24.1 Å². The van der Waals surface area contributed by atoms with Gasteiger partial charge in [-0.25, -0.2) is 0 Å². The SMILES string of the molecule is CO/C=C/C1C2CCC(O2)C1COC(C)=O. The Hall–Kier alpha value is -1.03. The third-order valence-electron chi connectivity index (χ3n) is 3.40. The first-order chi connectivity index (χ1) is 7.72. The summed E-state index contributed by atoms with van der Waals surface area (Å²) in [6, 6.07) is 0. The Morgan fingerprint density at radius 1 is 1.44 bits per heavy atom. The van der Waals surface area contributed by atoms with Crippen molar-refractivity contribution < 1.29 is 19.0 Å². The molecule has 4 heteroatoms. The van der Waals surface area contributed by atoms with E-state index in [1.54, 1.807) is 13.4 Å². The minimum absolute atomic E-state index is 0.225. The van der Waals surface area contributed by atoms with Crippen molar-refractivity contribution in [1.82, 2.24) is 0 Å². The van der Waals surface area contributed by atoms with Crippen molar-refractivity contribution in [3.63, 3.8) is 0 Å². The quantitative estimate of drug-likeness (QED) is 0.538. The number of esters is 1. The highest BCUT2D eigenvalue weighted by atomic mass is 16.5. The lowest BCUT2D eigenvalue weighted by Crippen LogP contribution is -2.30. The summed E-state index contributed by atoms with van der Waals surface area (Å²) in [4.78, 5) is 10.8. The zero-order chi connectivity index (χ0) is 11.5. The standard InChI is InChI=1S/C12H18O4/c1-8(13)15-7-10-9(5-6-14-2)11-3-4-12(10)16-11/h5-6,9-12H,3-4,7H2,1-2H3/b6-5+. The van der Waals surface area contributed by atoms with Crippen molar-refractivity contribution in [3.05, 3.63) is 12.3 Å². The maximum Gasteiger partial charge on any atom is 0.302 e. The van der Waals surface area contributed by atoms with Gasteiger partial charge in [-0.05, 0) is 18.9 Å². The van der Waals surface area contributed by atoms with E-state index < -0.39 is 0 Å². The highest BCUT2D eigenvalue weighted by Crippen LogP contribution is 2.44. The van der Waals surface area contributed by atoms with E-state index in [1.165, 1.54) is 6.92 Å². The summed E-state index contributed by atoms with van der Waals surface area (Å²) in [5.41, 5.74) is 0. The van der Waals surface area contributed by atoms with Gasteiger partial charge in [0.15, 0.2) is 0 Å². The molecule has 2 saturated heterocycles. The van der Waals surface area contributed by atoms with Gasteiger partial charge in [-0.2, -0.15) is 0 Å². The zero-order valence-electron chi connectivity index (χ0n) is 9.72. The number of hydrogen-bond donors (Lipinski definition) is 0. The van der Waals surface area contributed by atoms with E-state index in [4.69, 9.17) is 14.2 Å². The van der Waals surface area contributed by atoms with Crippen LogP contribution in [0.15, 0.2) is 12.3 Å². The first kappa shape index (κ1) is 11.5. The van der Waals surface area contributed by atoms with Gasteiger partial charge in [-0.1, -0.05) is 0 Å². The minimum Gasteiger partial charge on any atom is -0.505 e. The lowest BCUT2D eigenvalue weighted by atomic mass is 9.80.